The predicted molar refractivity (Wildman–Crippen MR) is 70.3 cm³/mol. The lowest BCUT2D eigenvalue weighted by atomic mass is 10.1. The van der Waals surface area contributed by atoms with Gasteiger partial charge in [0.05, 0.1) is 11.3 Å². The van der Waals surface area contributed by atoms with E-state index >= 15 is 0 Å². The number of primary amides is 1. The highest BCUT2D eigenvalue weighted by atomic mass is 19.1. The zero-order valence-corrected chi connectivity index (χ0v) is 10.7. The third-order valence-corrected chi connectivity index (χ3v) is 2.82. The molecule has 0 aromatic heterocycles. The molecule has 0 unspecified atom stereocenters. The molecule has 4 nitrogen and oxygen atoms in total. The first-order valence-corrected chi connectivity index (χ1v) is 5.88. The van der Waals surface area contributed by atoms with Crippen LogP contribution in [0.5, 0.6) is 5.75 Å². The lowest BCUT2D eigenvalue weighted by Gasteiger charge is -2.10. The maximum absolute atomic E-state index is 13.6. The molecule has 0 aliphatic carbocycles. The summed E-state index contributed by atoms with van der Waals surface area (Å²) < 4.78 is 40.0. The van der Waals surface area contributed by atoms with Gasteiger partial charge in [-0.3, -0.25) is 4.79 Å². The number of aromatic hydroxyl groups is 1. The van der Waals surface area contributed by atoms with E-state index in [9.17, 15) is 18.0 Å². The van der Waals surface area contributed by atoms with Gasteiger partial charge in [0.25, 0.3) is 5.91 Å². The van der Waals surface area contributed by atoms with Crippen molar-refractivity contribution in [1.29, 1.82) is 0 Å². The fourth-order valence-electron chi connectivity index (χ4n) is 1.73. The van der Waals surface area contributed by atoms with E-state index in [0.717, 1.165) is 18.2 Å². The number of carbonyl (C=O) groups is 1. The third kappa shape index (κ3) is 3.25. The molecule has 4 N–H and O–H groups in total. The molecule has 0 aliphatic rings. The van der Waals surface area contributed by atoms with E-state index in [1.807, 2.05) is 0 Å². The van der Waals surface area contributed by atoms with Gasteiger partial charge in [-0.05, 0) is 23.8 Å². The minimum atomic E-state index is -1.05. The van der Waals surface area contributed by atoms with E-state index < -0.39 is 34.7 Å². The highest BCUT2D eigenvalue weighted by Crippen LogP contribution is 2.21. The summed E-state index contributed by atoms with van der Waals surface area (Å²) in [6.45, 7) is 0.0119. The summed E-state index contributed by atoms with van der Waals surface area (Å²) in [4.78, 5) is 11.0. The number of halogens is 3. The Morgan fingerprint density at radius 3 is 2.43 bits per heavy atom. The monoisotopic (exact) mass is 296 g/mol. The summed E-state index contributed by atoms with van der Waals surface area (Å²) in [5.41, 5.74) is 4.81. The van der Waals surface area contributed by atoms with E-state index in [1.54, 1.807) is 0 Å². The summed E-state index contributed by atoms with van der Waals surface area (Å²) in [5, 5.41) is 11.7. The van der Waals surface area contributed by atoms with E-state index in [2.05, 4.69) is 5.32 Å². The molecular formula is C14H11F3N2O2. The van der Waals surface area contributed by atoms with Gasteiger partial charge in [0.15, 0.2) is 11.6 Å². The third-order valence-electron chi connectivity index (χ3n) is 2.82. The lowest BCUT2D eigenvalue weighted by Crippen LogP contribution is -2.14. The van der Waals surface area contributed by atoms with Gasteiger partial charge < -0.3 is 16.2 Å². The van der Waals surface area contributed by atoms with Crippen LogP contribution in [0, 0.1) is 17.5 Å². The van der Waals surface area contributed by atoms with Gasteiger partial charge in [-0.25, -0.2) is 13.2 Å². The fraction of sp³-hybridized carbons (Fsp3) is 0.0714. The van der Waals surface area contributed by atoms with Crippen molar-refractivity contribution in [2.24, 2.45) is 5.73 Å². The molecule has 0 radical (unpaired) electrons. The van der Waals surface area contributed by atoms with E-state index in [-0.39, 0.29) is 12.2 Å². The zero-order chi connectivity index (χ0) is 15.6. The Morgan fingerprint density at radius 1 is 1.10 bits per heavy atom. The highest BCUT2D eigenvalue weighted by molar-refractivity contribution is 5.94. The molecule has 0 saturated heterocycles. The number of amides is 1. The Labute approximate surface area is 118 Å². The first-order valence-electron chi connectivity index (χ1n) is 5.88. The number of hydrogen-bond acceptors (Lipinski definition) is 3. The molecule has 0 atom stereocenters. The molecule has 2 aromatic rings. The number of anilines is 1. The largest absolute Gasteiger partial charge is 0.505 e. The molecular weight excluding hydrogens is 285 g/mol. The molecule has 110 valence electrons. The van der Waals surface area contributed by atoms with Crippen molar-refractivity contribution in [3.8, 4) is 5.75 Å². The highest BCUT2D eigenvalue weighted by Gasteiger charge is 2.13. The Balaban J connectivity index is 2.21. The van der Waals surface area contributed by atoms with Crippen molar-refractivity contribution < 1.29 is 23.1 Å². The smallest absolute Gasteiger partial charge is 0.251 e. The van der Waals surface area contributed by atoms with Crippen LogP contribution >= 0.6 is 0 Å². The van der Waals surface area contributed by atoms with Crippen molar-refractivity contribution in [3.63, 3.8) is 0 Å². The average Bonchev–Trinajstić information content (AvgIpc) is 2.41. The Kier molecular flexibility index (Phi) is 4.02. The van der Waals surface area contributed by atoms with Gasteiger partial charge in [-0.1, -0.05) is 6.07 Å². The Hall–Kier alpha value is -2.70. The van der Waals surface area contributed by atoms with Crippen LogP contribution < -0.4 is 11.1 Å². The first kappa shape index (κ1) is 14.7. The van der Waals surface area contributed by atoms with Crippen molar-refractivity contribution in [3.05, 3.63) is 58.9 Å². The second kappa shape index (κ2) is 5.74. The van der Waals surface area contributed by atoms with Gasteiger partial charge in [-0.15, -0.1) is 0 Å². The standard InChI is InChI=1S/C14H11F3N2O2/c15-9-5-10(16)12(4-8(9)14(18)21)19-6-7-1-2-13(20)11(17)3-7/h1-5,19-20H,6H2,(H2,18,21). The quantitative estimate of drug-likeness (QED) is 0.811. The summed E-state index contributed by atoms with van der Waals surface area (Å²) in [6.07, 6.45) is 0. The van der Waals surface area contributed by atoms with Crippen LogP contribution in [-0.2, 0) is 6.54 Å². The lowest BCUT2D eigenvalue weighted by molar-refractivity contribution is 0.0996. The summed E-state index contributed by atoms with van der Waals surface area (Å²) >= 11 is 0. The van der Waals surface area contributed by atoms with Crippen LogP contribution in [0.2, 0.25) is 0 Å². The summed E-state index contributed by atoms with van der Waals surface area (Å²) in [5.74, 6) is -4.29. The van der Waals surface area contributed by atoms with Crippen LogP contribution in [0.1, 0.15) is 15.9 Å². The topological polar surface area (TPSA) is 75.4 Å². The van der Waals surface area contributed by atoms with Crippen molar-refractivity contribution in [1.82, 2.24) is 0 Å². The minimum absolute atomic E-state index is 0.0119. The van der Waals surface area contributed by atoms with Crippen molar-refractivity contribution >= 4 is 11.6 Å². The number of carbonyl (C=O) groups excluding carboxylic acids is 1. The molecule has 7 heteroatoms. The second-order valence-electron chi connectivity index (χ2n) is 4.32. The normalized spacial score (nSPS) is 10.4. The zero-order valence-electron chi connectivity index (χ0n) is 10.7. The number of phenols is 1. The molecule has 0 fully saturated rings. The molecule has 1 amide bonds. The maximum Gasteiger partial charge on any atom is 0.251 e. The number of phenolic OH excluding ortho intramolecular Hbond substituents is 1. The van der Waals surface area contributed by atoms with Crippen LogP contribution in [-0.4, -0.2) is 11.0 Å². The second-order valence-corrected chi connectivity index (χ2v) is 4.32. The van der Waals surface area contributed by atoms with Gasteiger partial charge >= 0.3 is 0 Å². The van der Waals surface area contributed by atoms with E-state index in [4.69, 9.17) is 10.8 Å². The minimum Gasteiger partial charge on any atom is -0.505 e. The number of nitrogens with two attached hydrogens (primary N) is 1. The van der Waals surface area contributed by atoms with Gasteiger partial charge in [-0.2, -0.15) is 0 Å². The molecule has 0 heterocycles. The number of rotatable bonds is 4. The molecule has 0 bridgehead atoms. The van der Waals surface area contributed by atoms with Gasteiger partial charge in [0.2, 0.25) is 0 Å². The van der Waals surface area contributed by atoms with Gasteiger partial charge in [0.1, 0.15) is 11.6 Å². The first-order chi connectivity index (χ1) is 9.88. The van der Waals surface area contributed by atoms with Crippen molar-refractivity contribution in [2.45, 2.75) is 6.54 Å². The summed E-state index contributed by atoms with van der Waals surface area (Å²) in [7, 11) is 0. The molecule has 0 spiro atoms. The molecule has 21 heavy (non-hydrogen) atoms. The molecule has 0 aliphatic heterocycles. The molecule has 2 aromatic carbocycles. The van der Waals surface area contributed by atoms with Gasteiger partial charge in [0, 0.05) is 12.6 Å². The SMILES string of the molecule is NC(=O)c1cc(NCc2ccc(O)c(F)c2)c(F)cc1F. The predicted octanol–water partition coefficient (Wildman–Crippen LogP) is 2.52. The van der Waals surface area contributed by atoms with Crippen molar-refractivity contribution in [2.75, 3.05) is 5.32 Å². The Morgan fingerprint density at radius 2 is 1.81 bits per heavy atom. The average molecular weight is 296 g/mol. The van der Waals surface area contributed by atoms with E-state index in [0.29, 0.717) is 11.6 Å². The van der Waals surface area contributed by atoms with Crippen LogP contribution in [0.25, 0.3) is 0 Å². The van der Waals surface area contributed by atoms with Crippen LogP contribution in [0.15, 0.2) is 30.3 Å². The van der Waals surface area contributed by atoms with Crippen LogP contribution in [0.4, 0.5) is 18.9 Å². The molecule has 2 rings (SSSR count). The maximum atomic E-state index is 13.6. The fourth-order valence-corrected chi connectivity index (χ4v) is 1.73. The Bertz CT molecular complexity index is 705. The number of benzene rings is 2. The van der Waals surface area contributed by atoms with E-state index in [1.165, 1.54) is 6.07 Å². The molecule has 0 saturated carbocycles. The summed E-state index contributed by atoms with van der Waals surface area (Å²) in [6, 6.07) is 5.15. The van der Waals surface area contributed by atoms with Crippen LogP contribution in [0.3, 0.4) is 0 Å². The number of nitrogens with one attached hydrogen (secondary N) is 1. The number of hydrogen-bond donors (Lipinski definition) is 3.